The monoisotopic (exact) mass is 324 g/mol. The van der Waals surface area contributed by atoms with E-state index in [2.05, 4.69) is 10.6 Å². The Hall–Kier alpha value is -1.10. The third-order valence-corrected chi connectivity index (χ3v) is 4.76. The van der Waals surface area contributed by atoms with Crippen molar-refractivity contribution in [2.75, 3.05) is 13.2 Å². The highest BCUT2D eigenvalue weighted by molar-refractivity contribution is 6.30. The van der Waals surface area contributed by atoms with Crippen molar-refractivity contribution in [3.63, 3.8) is 0 Å². The number of halogens is 1. The van der Waals surface area contributed by atoms with Gasteiger partial charge >= 0.3 is 0 Å². The molecule has 5 heteroatoms. The van der Waals surface area contributed by atoms with E-state index in [1.54, 1.807) is 0 Å². The van der Waals surface area contributed by atoms with E-state index in [0.717, 1.165) is 37.7 Å². The number of nitrogens with one attached hydrogen (secondary N) is 2. The lowest BCUT2D eigenvalue weighted by Crippen LogP contribution is -2.50. The summed E-state index contributed by atoms with van der Waals surface area (Å²) in [5, 5.41) is 16.5. The molecule has 1 aliphatic rings. The number of hydrogen-bond acceptors (Lipinski definition) is 3. The number of aliphatic hydroxyl groups excluding tert-OH is 1. The normalized spacial score (nSPS) is 18.1. The fourth-order valence-corrected chi connectivity index (χ4v) is 3.20. The molecule has 1 amide bonds. The molecular weight excluding hydrogens is 300 g/mol. The maximum absolute atomic E-state index is 12.2. The summed E-state index contributed by atoms with van der Waals surface area (Å²) in [5.41, 5.74) is 0.789. The molecule has 3 N–H and O–H groups in total. The number of amides is 1. The fourth-order valence-electron chi connectivity index (χ4n) is 3.07. The van der Waals surface area contributed by atoms with Gasteiger partial charge in [0.05, 0.1) is 19.2 Å². The minimum Gasteiger partial charge on any atom is -0.394 e. The van der Waals surface area contributed by atoms with Crippen LogP contribution in [-0.4, -0.2) is 29.7 Å². The van der Waals surface area contributed by atoms with E-state index < -0.39 is 0 Å². The van der Waals surface area contributed by atoms with Crippen LogP contribution in [-0.2, 0) is 4.79 Å². The summed E-state index contributed by atoms with van der Waals surface area (Å²) in [6.45, 7) is 2.37. The molecule has 2 rings (SSSR count). The molecule has 1 aromatic carbocycles. The molecule has 1 aliphatic carbocycles. The van der Waals surface area contributed by atoms with Crippen molar-refractivity contribution in [2.24, 2.45) is 0 Å². The predicted octanol–water partition coefficient (Wildman–Crippen LogP) is 2.80. The average molecular weight is 325 g/mol. The van der Waals surface area contributed by atoms with E-state index in [0.29, 0.717) is 5.02 Å². The van der Waals surface area contributed by atoms with E-state index in [1.807, 2.05) is 31.2 Å². The average Bonchev–Trinajstić information content (AvgIpc) is 3.01. The van der Waals surface area contributed by atoms with Crippen molar-refractivity contribution in [1.29, 1.82) is 0 Å². The molecule has 4 nitrogen and oxygen atoms in total. The van der Waals surface area contributed by atoms with Crippen LogP contribution in [0.3, 0.4) is 0 Å². The first-order chi connectivity index (χ1) is 10.6. The zero-order valence-corrected chi connectivity index (χ0v) is 13.8. The molecule has 0 heterocycles. The number of hydrogen-bond donors (Lipinski definition) is 3. The van der Waals surface area contributed by atoms with E-state index >= 15 is 0 Å². The van der Waals surface area contributed by atoms with Gasteiger partial charge in [0.25, 0.3) is 0 Å². The number of carbonyl (C=O) groups excluding carboxylic acids is 1. The van der Waals surface area contributed by atoms with Crippen LogP contribution < -0.4 is 10.6 Å². The Labute approximate surface area is 137 Å². The van der Waals surface area contributed by atoms with Crippen molar-refractivity contribution < 1.29 is 9.90 Å². The molecule has 1 aromatic rings. The van der Waals surface area contributed by atoms with E-state index in [9.17, 15) is 9.90 Å². The van der Waals surface area contributed by atoms with Gasteiger partial charge in [-0.05, 0) is 37.0 Å². The van der Waals surface area contributed by atoms with Crippen LogP contribution in [0.4, 0.5) is 0 Å². The van der Waals surface area contributed by atoms with Crippen LogP contribution in [0.15, 0.2) is 24.3 Å². The molecule has 122 valence electrons. The summed E-state index contributed by atoms with van der Waals surface area (Å²) in [7, 11) is 0. The van der Waals surface area contributed by atoms with Crippen molar-refractivity contribution in [3.8, 4) is 0 Å². The van der Waals surface area contributed by atoms with Crippen molar-refractivity contribution >= 4 is 17.5 Å². The molecule has 0 bridgehead atoms. The van der Waals surface area contributed by atoms with E-state index in [-0.39, 0.29) is 30.6 Å². The smallest absolute Gasteiger partial charge is 0.234 e. The summed E-state index contributed by atoms with van der Waals surface area (Å²) < 4.78 is 0. The number of aliphatic hydroxyl groups is 1. The summed E-state index contributed by atoms with van der Waals surface area (Å²) in [6, 6.07) is 7.54. The Morgan fingerprint density at radius 2 is 1.95 bits per heavy atom. The lowest BCUT2D eigenvalue weighted by atomic mass is 9.99. The third-order valence-electron chi connectivity index (χ3n) is 4.50. The molecular formula is C17H25ClN2O2. The van der Waals surface area contributed by atoms with Crippen LogP contribution in [0.1, 0.15) is 50.6 Å². The van der Waals surface area contributed by atoms with Crippen LogP contribution in [0.25, 0.3) is 0 Å². The second kappa shape index (κ2) is 7.95. The van der Waals surface area contributed by atoms with Gasteiger partial charge in [-0.3, -0.25) is 4.79 Å². The minimum absolute atomic E-state index is 0.0137. The summed E-state index contributed by atoms with van der Waals surface area (Å²) >= 11 is 5.90. The van der Waals surface area contributed by atoms with Crippen LogP contribution in [0.2, 0.25) is 5.02 Å². The molecule has 0 aromatic heterocycles. The Morgan fingerprint density at radius 1 is 1.32 bits per heavy atom. The molecule has 1 fully saturated rings. The SMILES string of the molecule is CCC(NC(=O)CNC1(CO)CCCC1)c1ccc(Cl)cc1. The van der Waals surface area contributed by atoms with Gasteiger partial charge in [0, 0.05) is 10.6 Å². The summed E-state index contributed by atoms with van der Waals surface area (Å²) in [6.07, 6.45) is 4.91. The van der Waals surface area contributed by atoms with Gasteiger partial charge in [-0.25, -0.2) is 0 Å². The molecule has 0 saturated heterocycles. The van der Waals surface area contributed by atoms with Gasteiger partial charge in [-0.2, -0.15) is 0 Å². The highest BCUT2D eigenvalue weighted by Gasteiger charge is 2.33. The summed E-state index contributed by atoms with van der Waals surface area (Å²) in [4.78, 5) is 12.2. The van der Waals surface area contributed by atoms with Crippen LogP contribution >= 0.6 is 11.6 Å². The number of benzene rings is 1. The van der Waals surface area contributed by atoms with Gasteiger partial charge in [-0.1, -0.05) is 43.5 Å². The van der Waals surface area contributed by atoms with Crippen LogP contribution in [0, 0.1) is 0 Å². The summed E-state index contributed by atoms with van der Waals surface area (Å²) in [5.74, 6) is -0.0403. The number of carbonyl (C=O) groups is 1. The first-order valence-corrected chi connectivity index (χ1v) is 8.37. The van der Waals surface area contributed by atoms with Gasteiger partial charge < -0.3 is 15.7 Å². The second-order valence-electron chi connectivity index (χ2n) is 6.08. The zero-order chi connectivity index (χ0) is 16.0. The molecule has 1 atom stereocenters. The van der Waals surface area contributed by atoms with Gasteiger partial charge in [0.15, 0.2) is 0 Å². The largest absolute Gasteiger partial charge is 0.394 e. The Bertz CT molecular complexity index is 484. The highest BCUT2D eigenvalue weighted by atomic mass is 35.5. The lowest BCUT2D eigenvalue weighted by Gasteiger charge is -2.28. The minimum atomic E-state index is -0.265. The highest BCUT2D eigenvalue weighted by Crippen LogP contribution is 2.28. The van der Waals surface area contributed by atoms with Gasteiger partial charge in [0.2, 0.25) is 5.91 Å². The predicted molar refractivity (Wildman–Crippen MR) is 88.9 cm³/mol. The maximum atomic E-state index is 12.2. The van der Waals surface area contributed by atoms with Crippen molar-refractivity contribution in [2.45, 2.75) is 50.6 Å². The first-order valence-electron chi connectivity index (χ1n) is 7.99. The quantitative estimate of drug-likeness (QED) is 0.722. The lowest BCUT2D eigenvalue weighted by molar-refractivity contribution is -0.121. The van der Waals surface area contributed by atoms with Crippen LogP contribution in [0.5, 0.6) is 0 Å². The van der Waals surface area contributed by atoms with E-state index in [4.69, 9.17) is 11.6 Å². The van der Waals surface area contributed by atoms with Crippen molar-refractivity contribution in [3.05, 3.63) is 34.9 Å². The number of rotatable bonds is 7. The molecule has 0 spiro atoms. The fraction of sp³-hybridized carbons (Fsp3) is 0.588. The third kappa shape index (κ3) is 4.45. The Balaban J connectivity index is 1.88. The van der Waals surface area contributed by atoms with Crippen molar-refractivity contribution in [1.82, 2.24) is 10.6 Å². The molecule has 0 radical (unpaired) electrons. The Morgan fingerprint density at radius 3 is 2.50 bits per heavy atom. The maximum Gasteiger partial charge on any atom is 0.234 e. The van der Waals surface area contributed by atoms with E-state index in [1.165, 1.54) is 0 Å². The molecule has 22 heavy (non-hydrogen) atoms. The topological polar surface area (TPSA) is 61.4 Å². The molecule has 0 aliphatic heterocycles. The van der Waals surface area contributed by atoms with Gasteiger partial charge in [0.1, 0.15) is 0 Å². The standard InChI is InChI=1S/C17H25ClN2O2/c1-2-15(13-5-7-14(18)8-6-13)20-16(22)11-19-17(12-21)9-3-4-10-17/h5-8,15,19,21H,2-4,9-12H2,1H3,(H,20,22). The van der Waals surface area contributed by atoms with Gasteiger partial charge in [-0.15, -0.1) is 0 Å². The second-order valence-corrected chi connectivity index (χ2v) is 6.52. The Kier molecular flexibility index (Phi) is 6.24. The molecule has 1 unspecified atom stereocenters. The zero-order valence-electron chi connectivity index (χ0n) is 13.1. The first kappa shape index (κ1) is 17.3. The molecule has 1 saturated carbocycles.